The fourth-order valence-electron chi connectivity index (χ4n) is 2.74. The van der Waals surface area contributed by atoms with Gasteiger partial charge in [-0.2, -0.15) is 0 Å². The van der Waals surface area contributed by atoms with Crippen molar-refractivity contribution in [2.75, 3.05) is 0 Å². The van der Waals surface area contributed by atoms with E-state index in [2.05, 4.69) is 60.7 Å². The van der Waals surface area contributed by atoms with E-state index in [0.717, 1.165) is 0 Å². The molecule has 0 spiro atoms. The summed E-state index contributed by atoms with van der Waals surface area (Å²) in [5.41, 5.74) is 2.42. The zero-order chi connectivity index (χ0) is 15.0. The van der Waals surface area contributed by atoms with Crippen LogP contribution in [-0.4, -0.2) is 6.10 Å². The van der Waals surface area contributed by atoms with E-state index in [1.54, 1.807) is 0 Å². The molecular weight excluding hydrogens is 288 g/mol. The summed E-state index contributed by atoms with van der Waals surface area (Å²) < 4.78 is 6.12. The zero-order valence-corrected chi connectivity index (χ0v) is 13.6. The summed E-state index contributed by atoms with van der Waals surface area (Å²) in [6.07, 6.45) is 8.96. The van der Waals surface area contributed by atoms with Gasteiger partial charge in [-0.05, 0) is 30.0 Å². The SMILES string of the molecule is C(=C(\SOC1CCCCC1)c1ccccc1)/c1ccccc1. The van der Waals surface area contributed by atoms with Gasteiger partial charge < -0.3 is 4.18 Å². The highest BCUT2D eigenvalue weighted by Gasteiger charge is 2.15. The van der Waals surface area contributed by atoms with E-state index < -0.39 is 0 Å². The second-order valence-corrected chi connectivity index (χ2v) is 6.52. The van der Waals surface area contributed by atoms with Crippen molar-refractivity contribution < 1.29 is 4.18 Å². The van der Waals surface area contributed by atoms with Crippen molar-refractivity contribution in [3.8, 4) is 0 Å². The molecule has 0 N–H and O–H groups in total. The lowest BCUT2D eigenvalue weighted by Gasteiger charge is -2.21. The van der Waals surface area contributed by atoms with E-state index in [4.69, 9.17) is 4.18 Å². The molecule has 0 amide bonds. The third kappa shape index (κ3) is 4.49. The Morgan fingerprint density at radius 3 is 2.18 bits per heavy atom. The normalized spacial score (nSPS) is 16.6. The zero-order valence-electron chi connectivity index (χ0n) is 12.8. The molecule has 1 aliphatic rings. The molecule has 1 nitrogen and oxygen atoms in total. The molecule has 0 atom stereocenters. The second-order valence-electron chi connectivity index (χ2n) is 5.72. The van der Waals surface area contributed by atoms with Crippen LogP contribution in [0.4, 0.5) is 0 Å². The van der Waals surface area contributed by atoms with Crippen LogP contribution in [0.2, 0.25) is 0 Å². The van der Waals surface area contributed by atoms with Gasteiger partial charge in [0.15, 0.2) is 0 Å². The first kappa shape index (κ1) is 15.4. The summed E-state index contributed by atoms with van der Waals surface area (Å²) in [6.45, 7) is 0. The maximum Gasteiger partial charge on any atom is 0.0727 e. The molecule has 3 rings (SSSR count). The Hall–Kier alpha value is -1.51. The Morgan fingerprint density at radius 2 is 1.50 bits per heavy atom. The maximum atomic E-state index is 6.12. The van der Waals surface area contributed by atoms with E-state index in [1.807, 2.05) is 6.07 Å². The minimum Gasteiger partial charge on any atom is -0.307 e. The molecule has 2 aromatic carbocycles. The van der Waals surface area contributed by atoms with Crippen molar-refractivity contribution in [3.05, 3.63) is 71.8 Å². The molecule has 2 aromatic rings. The highest BCUT2D eigenvalue weighted by atomic mass is 32.2. The van der Waals surface area contributed by atoms with E-state index in [1.165, 1.54) is 60.2 Å². The quantitative estimate of drug-likeness (QED) is 0.481. The standard InChI is InChI=1S/C20H22OS/c1-4-10-17(11-5-1)16-20(18-12-6-2-7-13-18)22-21-19-14-8-3-9-15-19/h1-2,4-7,10-13,16,19H,3,8-9,14-15H2/b20-16+. The summed E-state index contributed by atoms with van der Waals surface area (Å²) >= 11 is 1.54. The van der Waals surface area contributed by atoms with Gasteiger partial charge in [-0.25, -0.2) is 0 Å². The highest BCUT2D eigenvalue weighted by molar-refractivity contribution is 8.04. The molecule has 0 aromatic heterocycles. The van der Waals surface area contributed by atoms with Gasteiger partial charge in [0.1, 0.15) is 0 Å². The monoisotopic (exact) mass is 310 g/mol. The van der Waals surface area contributed by atoms with E-state index in [9.17, 15) is 0 Å². The summed E-state index contributed by atoms with van der Waals surface area (Å²) in [6, 6.07) is 20.9. The molecule has 0 saturated heterocycles. The lowest BCUT2D eigenvalue weighted by molar-refractivity contribution is 0.187. The maximum absolute atomic E-state index is 6.12. The third-order valence-electron chi connectivity index (χ3n) is 3.98. The molecule has 114 valence electrons. The summed E-state index contributed by atoms with van der Waals surface area (Å²) in [4.78, 5) is 1.18. The fraction of sp³-hybridized carbons (Fsp3) is 0.300. The van der Waals surface area contributed by atoms with Crippen LogP contribution in [0, 0.1) is 0 Å². The predicted octanol–water partition coefficient (Wildman–Crippen LogP) is 6.18. The van der Waals surface area contributed by atoms with Crippen LogP contribution in [0.25, 0.3) is 11.0 Å². The average Bonchev–Trinajstić information content (AvgIpc) is 2.61. The number of hydrogen-bond acceptors (Lipinski definition) is 2. The molecular formula is C20H22OS. The van der Waals surface area contributed by atoms with Gasteiger partial charge >= 0.3 is 0 Å². The van der Waals surface area contributed by atoms with Crippen molar-refractivity contribution in [3.63, 3.8) is 0 Å². The Balaban J connectivity index is 1.76. The van der Waals surface area contributed by atoms with Crippen molar-refractivity contribution in [1.29, 1.82) is 0 Å². The summed E-state index contributed by atoms with van der Waals surface area (Å²) in [5, 5.41) is 0. The summed E-state index contributed by atoms with van der Waals surface area (Å²) in [5.74, 6) is 0. The molecule has 1 aliphatic carbocycles. The first-order valence-electron chi connectivity index (χ1n) is 8.07. The van der Waals surface area contributed by atoms with Gasteiger partial charge in [-0.1, -0.05) is 79.9 Å². The highest BCUT2D eigenvalue weighted by Crippen LogP contribution is 2.34. The van der Waals surface area contributed by atoms with Gasteiger partial charge in [0.05, 0.1) is 6.10 Å². The van der Waals surface area contributed by atoms with Crippen LogP contribution in [0.3, 0.4) is 0 Å². The topological polar surface area (TPSA) is 9.23 Å². The molecule has 0 aliphatic heterocycles. The largest absolute Gasteiger partial charge is 0.307 e. The second kappa shape index (κ2) is 8.21. The number of rotatable bonds is 5. The van der Waals surface area contributed by atoms with Crippen molar-refractivity contribution in [1.82, 2.24) is 0 Å². The average molecular weight is 310 g/mol. The van der Waals surface area contributed by atoms with Gasteiger partial charge in [0.2, 0.25) is 0 Å². The number of benzene rings is 2. The van der Waals surface area contributed by atoms with E-state index in [0.29, 0.717) is 6.10 Å². The lowest BCUT2D eigenvalue weighted by atomic mass is 9.98. The third-order valence-corrected chi connectivity index (χ3v) is 4.88. The molecule has 1 fully saturated rings. The van der Waals surface area contributed by atoms with E-state index in [-0.39, 0.29) is 0 Å². The molecule has 22 heavy (non-hydrogen) atoms. The Labute approximate surface area is 137 Å². The molecule has 1 saturated carbocycles. The van der Waals surface area contributed by atoms with Crippen LogP contribution in [0.1, 0.15) is 43.2 Å². The fourth-order valence-corrected chi connectivity index (χ4v) is 3.59. The lowest BCUT2D eigenvalue weighted by Crippen LogP contribution is -2.13. The minimum absolute atomic E-state index is 0.404. The van der Waals surface area contributed by atoms with Gasteiger partial charge in [-0.15, -0.1) is 0 Å². The Morgan fingerprint density at radius 1 is 0.864 bits per heavy atom. The molecule has 0 bridgehead atoms. The van der Waals surface area contributed by atoms with Crippen LogP contribution in [0.5, 0.6) is 0 Å². The molecule has 0 unspecified atom stereocenters. The smallest absolute Gasteiger partial charge is 0.0727 e. The minimum atomic E-state index is 0.404. The van der Waals surface area contributed by atoms with Gasteiger partial charge in [-0.3, -0.25) is 0 Å². The Bertz CT molecular complexity index is 586. The van der Waals surface area contributed by atoms with Crippen LogP contribution in [0.15, 0.2) is 60.7 Å². The predicted molar refractivity (Wildman–Crippen MR) is 96.3 cm³/mol. The number of hydrogen-bond donors (Lipinski definition) is 0. The first-order chi connectivity index (χ1) is 10.9. The van der Waals surface area contributed by atoms with Crippen LogP contribution in [-0.2, 0) is 4.18 Å². The molecule has 2 heteroatoms. The van der Waals surface area contributed by atoms with Crippen molar-refractivity contribution in [2.24, 2.45) is 0 Å². The van der Waals surface area contributed by atoms with Crippen molar-refractivity contribution in [2.45, 2.75) is 38.2 Å². The first-order valence-corrected chi connectivity index (χ1v) is 8.81. The van der Waals surface area contributed by atoms with Crippen molar-refractivity contribution >= 4 is 23.0 Å². The molecule has 0 heterocycles. The summed E-state index contributed by atoms with van der Waals surface area (Å²) in [7, 11) is 0. The molecule has 0 radical (unpaired) electrons. The van der Waals surface area contributed by atoms with Gasteiger partial charge in [0, 0.05) is 16.9 Å². The van der Waals surface area contributed by atoms with Gasteiger partial charge in [0.25, 0.3) is 0 Å². The van der Waals surface area contributed by atoms with E-state index >= 15 is 0 Å². The van der Waals surface area contributed by atoms with Crippen LogP contribution >= 0.6 is 12.0 Å². The van der Waals surface area contributed by atoms with Crippen LogP contribution < -0.4 is 0 Å². The Kier molecular flexibility index (Phi) is 5.74.